The maximum atomic E-state index is 4.40. The molecule has 2 nitrogen and oxygen atoms in total. The maximum Gasteiger partial charge on any atom is 0.0543 e. The summed E-state index contributed by atoms with van der Waals surface area (Å²) in [5, 5.41) is 4.40. The molecule has 0 aliphatic heterocycles. The molecule has 0 aliphatic rings. The molecule has 84 valence electrons. The molecule has 0 aliphatic carbocycles. The molecule has 0 N–H and O–H groups in total. The van der Waals surface area contributed by atoms with E-state index in [1.54, 1.807) is 0 Å². The van der Waals surface area contributed by atoms with Gasteiger partial charge in [-0.05, 0) is 31.9 Å². The Morgan fingerprint density at radius 3 is 2.31 bits per heavy atom. The first-order valence-corrected chi connectivity index (χ1v) is 5.64. The molecule has 2 heteroatoms. The van der Waals surface area contributed by atoms with Crippen molar-refractivity contribution < 1.29 is 0 Å². The molecule has 0 bridgehead atoms. The zero-order chi connectivity index (χ0) is 11.6. The number of hydrogen-bond acceptors (Lipinski definition) is 1. The minimum absolute atomic E-state index is 0.0644. The lowest BCUT2D eigenvalue weighted by Gasteiger charge is -2.18. The molecule has 16 heavy (non-hydrogen) atoms. The summed E-state index contributed by atoms with van der Waals surface area (Å²) >= 11 is 0. The molecule has 2 aromatic rings. The van der Waals surface area contributed by atoms with Crippen LogP contribution in [-0.2, 0) is 12.0 Å². The highest BCUT2D eigenvalue weighted by Crippen LogP contribution is 2.15. The lowest BCUT2D eigenvalue weighted by molar-refractivity contribution is 0.355. The van der Waals surface area contributed by atoms with Crippen LogP contribution in [-0.4, -0.2) is 9.78 Å². The number of hydrogen-bond donors (Lipinski definition) is 0. The zero-order valence-corrected chi connectivity index (χ0v) is 10.1. The van der Waals surface area contributed by atoms with Gasteiger partial charge in [-0.1, -0.05) is 30.3 Å². The Hall–Kier alpha value is -1.57. The molecule has 1 aromatic carbocycles. The largest absolute Gasteiger partial charge is 0.267 e. The van der Waals surface area contributed by atoms with Crippen molar-refractivity contribution in [2.75, 3.05) is 0 Å². The fraction of sp³-hybridized carbons (Fsp3) is 0.357. The molecule has 0 spiro atoms. The van der Waals surface area contributed by atoms with Crippen LogP contribution in [0.25, 0.3) is 0 Å². The van der Waals surface area contributed by atoms with Gasteiger partial charge in [-0.15, -0.1) is 0 Å². The molecule has 0 unspecified atom stereocenters. The van der Waals surface area contributed by atoms with Crippen molar-refractivity contribution in [3.05, 3.63) is 53.9 Å². The first-order chi connectivity index (χ1) is 7.55. The highest BCUT2D eigenvalue weighted by molar-refractivity contribution is 5.22. The van der Waals surface area contributed by atoms with Gasteiger partial charge in [-0.3, -0.25) is 4.68 Å². The second-order valence-electron chi connectivity index (χ2n) is 5.13. The Kier molecular flexibility index (Phi) is 2.82. The second kappa shape index (κ2) is 4.12. The van der Waals surface area contributed by atoms with Gasteiger partial charge < -0.3 is 0 Å². The van der Waals surface area contributed by atoms with Crippen molar-refractivity contribution in [1.29, 1.82) is 0 Å². The van der Waals surface area contributed by atoms with Crippen LogP contribution in [0, 0.1) is 0 Å². The average Bonchev–Trinajstić information content (AvgIpc) is 2.67. The lowest BCUT2D eigenvalue weighted by atomic mass is 10.1. The van der Waals surface area contributed by atoms with Gasteiger partial charge >= 0.3 is 0 Å². The summed E-state index contributed by atoms with van der Waals surface area (Å²) < 4.78 is 2.02. The van der Waals surface area contributed by atoms with E-state index in [2.05, 4.69) is 56.3 Å². The topological polar surface area (TPSA) is 17.8 Å². The fourth-order valence-electron chi connectivity index (χ4n) is 1.65. The smallest absolute Gasteiger partial charge is 0.0543 e. The molecule has 0 radical (unpaired) electrons. The van der Waals surface area contributed by atoms with Crippen LogP contribution in [0.3, 0.4) is 0 Å². The summed E-state index contributed by atoms with van der Waals surface area (Å²) in [4.78, 5) is 0. The first-order valence-electron chi connectivity index (χ1n) is 5.64. The van der Waals surface area contributed by atoms with Crippen molar-refractivity contribution in [1.82, 2.24) is 9.78 Å². The van der Waals surface area contributed by atoms with E-state index in [1.165, 1.54) is 11.1 Å². The van der Waals surface area contributed by atoms with Crippen LogP contribution in [0.2, 0.25) is 0 Å². The van der Waals surface area contributed by atoms with Gasteiger partial charge in [-0.25, -0.2) is 0 Å². The molecule has 1 heterocycles. The lowest BCUT2D eigenvalue weighted by Crippen LogP contribution is -2.21. The van der Waals surface area contributed by atoms with E-state index in [1.807, 2.05) is 16.9 Å². The van der Waals surface area contributed by atoms with Crippen LogP contribution < -0.4 is 0 Å². The first kappa shape index (κ1) is 10.9. The van der Waals surface area contributed by atoms with Crippen molar-refractivity contribution in [3.8, 4) is 0 Å². The molecule has 0 saturated heterocycles. The SMILES string of the molecule is CC(C)(C)n1cc(Cc2ccccc2)cn1. The van der Waals surface area contributed by atoms with Gasteiger partial charge in [0.25, 0.3) is 0 Å². The molecule has 0 atom stereocenters. The third-order valence-corrected chi connectivity index (χ3v) is 2.57. The van der Waals surface area contributed by atoms with E-state index in [-0.39, 0.29) is 5.54 Å². The van der Waals surface area contributed by atoms with Gasteiger partial charge in [0.15, 0.2) is 0 Å². The van der Waals surface area contributed by atoms with E-state index in [0.717, 1.165) is 6.42 Å². The second-order valence-corrected chi connectivity index (χ2v) is 5.13. The standard InChI is InChI=1S/C14H18N2/c1-14(2,3)16-11-13(10-15-16)9-12-7-5-4-6-8-12/h4-8,10-11H,9H2,1-3H3. The predicted octanol–water partition coefficient (Wildman–Crippen LogP) is 3.23. The predicted molar refractivity (Wildman–Crippen MR) is 66.5 cm³/mol. The molecular formula is C14H18N2. The van der Waals surface area contributed by atoms with E-state index >= 15 is 0 Å². The monoisotopic (exact) mass is 214 g/mol. The highest BCUT2D eigenvalue weighted by atomic mass is 15.3. The Balaban J connectivity index is 2.15. The van der Waals surface area contributed by atoms with Gasteiger partial charge in [0.1, 0.15) is 0 Å². The van der Waals surface area contributed by atoms with Gasteiger partial charge in [0.05, 0.1) is 11.7 Å². The fourth-order valence-corrected chi connectivity index (χ4v) is 1.65. The third kappa shape index (κ3) is 2.51. The van der Waals surface area contributed by atoms with E-state index in [0.29, 0.717) is 0 Å². The molecule has 0 amide bonds. The molecule has 0 fully saturated rings. The van der Waals surface area contributed by atoms with Gasteiger partial charge in [-0.2, -0.15) is 5.10 Å². The summed E-state index contributed by atoms with van der Waals surface area (Å²) in [6, 6.07) is 10.5. The van der Waals surface area contributed by atoms with Crippen LogP contribution in [0.4, 0.5) is 0 Å². The van der Waals surface area contributed by atoms with Crippen molar-refractivity contribution in [2.24, 2.45) is 0 Å². The quantitative estimate of drug-likeness (QED) is 0.750. The van der Waals surface area contributed by atoms with E-state index in [9.17, 15) is 0 Å². The average molecular weight is 214 g/mol. The normalized spacial score (nSPS) is 11.7. The summed E-state index contributed by atoms with van der Waals surface area (Å²) in [6.45, 7) is 6.48. The maximum absolute atomic E-state index is 4.40. The van der Waals surface area contributed by atoms with Crippen LogP contribution in [0.15, 0.2) is 42.7 Å². The number of rotatable bonds is 2. The summed E-state index contributed by atoms with van der Waals surface area (Å²) in [5.74, 6) is 0. The summed E-state index contributed by atoms with van der Waals surface area (Å²) in [7, 11) is 0. The Bertz CT molecular complexity index is 449. The highest BCUT2D eigenvalue weighted by Gasteiger charge is 2.13. The van der Waals surface area contributed by atoms with Crippen molar-refractivity contribution in [2.45, 2.75) is 32.7 Å². The molecule has 0 saturated carbocycles. The molecule has 2 rings (SSSR count). The molecular weight excluding hydrogens is 196 g/mol. The number of benzene rings is 1. The van der Waals surface area contributed by atoms with Gasteiger partial charge in [0.2, 0.25) is 0 Å². The summed E-state index contributed by atoms with van der Waals surface area (Å²) in [5.41, 5.74) is 2.66. The summed E-state index contributed by atoms with van der Waals surface area (Å²) in [6.07, 6.45) is 5.04. The third-order valence-electron chi connectivity index (χ3n) is 2.57. The van der Waals surface area contributed by atoms with Crippen LogP contribution in [0.5, 0.6) is 0 Å². The Labute approximate surface area is 96.9 Å². The van der Waals surface area contributed by atoms with Crippen LogP contribution >= 0.6 is 0 Å². The Morgan fingerprint density at radius 2 is 1.75 bits per heavy atom. The van der Waals surface area contributed by atoms with Crippen LogP contribution in [0.1, 0.15) is 31.9 Å². The van der Waals surface area contributed by atoms with E-state index < -0.39 is 0 Å². The zero-order valence-electron chi connectivity index (χ0n) is 10.1. The Morgan fingerprint density at radius 1 is 1.06 bits per heavy atom. The van der Waals surface area contributed by atoms with Crippen molar-refractivity contribution in [3.63, 3.8) is 0 Å². The van der Waals surface area contributed by atoms with Crippen molar-refractivity contribution >= 4 is 0 Å². The number of nitrogens with zero attached hydrogens (tertiary/aromatic N) is 2. The number of aromatic nitrogens is 2. The minimum Gasteiger partial charge on any atom is -0.267 e. The molecule has 1 aromatic heterocycles. The minimum atomic E-state index is 0.0644. The van der Waals surface area contributed by atoms with Gasteiger partial charge in [0, 0.05) is 12.6 Å². The van der Waals surface area contributed by atoms with E-state index in [4.69, 9.17) is 0 Å².